The third-order valence-electron chi connectivity index (χ3n) is 4.50. The van der Waals surface area contributed by atoms with Gasteiger partial charge in [-0.15, -0.1) is 12.4 Å². The monoisotopic (exact) mass is 445 g/mol. The summed E-state index contributed by atoms with van der Waals surface area (Å²) in [5, 5.41) is 9.35. The molecular weight excluding hydrogens is 431 g/mol. The highest BCUT2D eigenvalue weighted by molar-refractivity contribution is 5.85. The van der Waals surface area contributed by atoms with Crippen LogP contribution < -0.4 is 4.74 Å². The number of nitriles is 1. The van der Waals surface area contributed by atoms with Gasteiger partial charge in [0, 0.05) is 18.8 Å². The summed E-state index contributed by atoms with van der Waals surface area (Å²) < 4.78 is 48.2. The van der Waals surface area contributed by atoms with Crippen molar-refractivity contribution in [1.82, 2.24) is 19.5 Å². The van der Waals surface area contributed by atoms with Gasteiger partial charge in [-0.3, -0.25) is 4.98 Å². The third kappa shape index (κ3) is 4.44. The zero-order valence-corrected chi connectivity index (χ0v) is 16.9. The summed E-state index contributed by atoms with van der Waals surface area (Å²) in [4.78, 5) is 12.4. The molecule has 0 amide bonds. The number of nitrogens with zero attached hydrogens (tertiary/aromatic N) is 5. The average molecular weight is 446 g/mol. The molecule has 0 unspecified atom stereocenters. The van der Waals surface area contributed by atoms with Gasteiger partial charge in [0.1, 0.15) is 23.9 Å². The van der Waals surface area contributed by atoms with Gasteiger partial charge >= 0.3 is 6.18 Å². The first-order valence-corrected chi connectivity index (χ1v) is 8.83. The van der Waals surface area contributed by atoms with E-state index in [4.69, 9.17) is 4.74 Å². The van der Waals surface area contributed by atoms with Gasteiger partial charge < -0.3 is 9.30 Å². The fourth-order valence-corrected chi connectivity index (χ4v) is 3.03. The van der Waals surface area contributed by atoms with Crippen LogP contribution in [0.4, 0.5) is 13.2 Å². The van der Waals surface area contributed by atoms with Crippen molar-refractivity contribution in [2.75, 3.05) is 0 Å². The lowest BCUT2D eigenvalue weighted by molar-refractivity contribution is -0.139. The predicted molar refractivity (Wildman–Crippen MR) is 109 cm³/mol. The van der Waals surface area contributed by atoms with E-state index in [0.29, 0.717) is 16.7 Å². The maximum absolute atomic E-state index is 13.7. The number of imidazole rings is 1. The summed E-state index contributed by atoms with van der Waals surface area (Å²) in [6, 6.07) is 12.4. The second kappa shape index (κ2) is 8.62. The van der Waals surface area contributed by atoms with Crippen LogP contribution in [0.25, 0.3) is 22.3 Å². The van der Waals surface area contributed by atoms with Crippen molar-refractivity contribution in [2.24, 2.45) is 7.05 Å². The van der Waals surface area contributed by atoms with Crippen LogP contribution in [0.15, 0.2) is 55.0 Å². The summed E-state index contributed by atoms with van der Waals surface area (Å²) in [5.41, 5.74) is 1.08. The van der Waals surface area contributed by atoms with E-state index in [1.807, 2.05) is 6.07 Å². The Hall–Kier alpha value is -3.64. The zero-order valence-electron chi connectivity index (χ0n) is 16.1. The Morgan fingerprint density at radius 3 is 2.61 bits per heavy atom. The lowest BCUT2D eigenvalue weighted by atomic mass is 10.1. The van der Waals surface area contributed by atoms with Crippen molar-refractivity contribution in [3.63, 3.8) is 0 Å². The van der Waals surface area contributed by atoms with E-state index in [9.17, 15) is 18.4 Å². The Bertz CT molecular complexity index is 1270. The molecule has 4 rings (SSSR count). The second-order valence-electron chi connectivity index (χ2n) is 6.51. The molecule has 31 heavy (non-hydrogen) atoms. The molecule has 0 aliphatic carbocycles. The quantitative estimate of drug-likeness (QED) is 0.445. The SMILES string of the molecule is Cl.Cn1cnc2c(C#N)nc(-c3ccc(OCc4ccccn4)c(C(F)(F)F)c3)cc21. The van der Waals surface area contributed by atoms with Crippen LogP contribution in [0.3, 0.4) is 0 Å². The van der Waals surface area contributed by atoms with Crippen LogP contribution in [-0.2, 0) is 19.8 Å². The van der Waals surface area contributed by atoms with Crippen molar-refractivity contribution in [1.29, 1.82) is 5.26 Å². The number of aryl methyl sites for hydroxylation is 1. The van der Waals surface area contributed by atoms with Crippen LogP contribution >= 0.6 is 12.4 Å². The van der Waals surface area contributed by atoms with E-state index in [-0.39, 0.29) is 41.7 Å². The minimum atomic E-state index is -4.63. The molecule has 4 aromatic rings. The molecule has 0 saturated carbocycles. The zero-order chi connectivity index (χ0) is 21.3. The van der Waals surface area contributed by atoms with Gasteiger partial charge in [0.05, 0.1) is 28.8 Å². The maximum Gasteiger partial charge on any atom is 0.419 e. The highest BCUT2D eigenvalue weighted by Crippen LogP contribution is 2.39. The number of hydrogen-bond donors (Lipinski definition) is 0. The molecule has 10 heteroatoms. The number of ether oxygens (including phenoxy) is 1. The molecule has 3 aromatic heterocycles. The molecule has 0 aliphatic heterocycles. The number of rotatable bonds is 4. The van der Waals surface area contributed by atoms with E-state index < -0.39 is 11.7 Å². The van der Waals surface area contributed by atoms with Gasteiger partial charge in [-0.1, -0.05) is 6.07 Å². The van der Waals surface area contributed by atoms with Crippen molar-refractivity contribution in [3.8, 4) is 23.1 Å². The van der Waals surface area contributed by atoms with Gasteiger partial charge in [-0.05, 0) is 36.4 Å². The largest absolute Gasteiger partial charge is 0.487 e. The Morgan fingerprint density at radius 2 is 1.94 bits per heavy atom. The van der Waals surface area contributed by atoms with Gasteiger partial charge in [-0.25, -0.2) is 9.97 Å². The van der Waals surface area contributed by atoms with Crippen LogP contribution in [0, 0.1) is 11.3 Å². The van der Waals surface area contributed by atoms with Crippen molar-refractivity contribution < 1.29 is 17.9 Å². The van der Waals surface area contributed by atoms with Crippen LogP contribution in [0.5, 0.6) is 5.75 Å². The Kier molecular flexibility index (Phi) is 6.13. The summed E-state index contributed by atoms with van der Waals surface area (Å²) in [7, 11) is 1.73. The van der Waals surface area contributed by atoms with Crippen molar-refractivity contribution in [3.05, 3.63) is 71.9 Å². The summed E-state index contributed by atoms with van der Waals surface area (Å²) in [5.74, 6) is -0.306. The average Bonchev–Trinajstić information content (AvgIpc) is 3.12. The van der Waals surface area contributed by atoms with E-state index >= 15 is 0 Å². The molecule has 0 spiro atoms. The number of benzene rings is 1. The molecule has 0 bridgehead atoms. The fourth-order valence-electron chi connectivity index (χ4n) is 3.03. The minimum Gasteiger partial charge on any atom is -0.487 e. The number of alkyl halides is 3. The molecule has 0 atom stereocenters. The van der Waals surface area contributed by atoms with Gasteiger partial charge in [0.15, 0.2) is 5.69 Å². The van der Waals surface area contributed by atoms with E-state index in [1.165, 1.54) is 18.5 Å². The summed E-state index contributed by atoms with van der Waals surface area (Å²) >= 11 is 0. The van der Waals surface area contributed by atoms with Crippen molar-refractivity contribution >= 4 is 23.4 Å². The molecule has 0 fully saturated rings. The van der Waals surface area contributed by atoms with Crippen molar-refractivity contribution in [2.45, 2.75) is 12.8 Å². The Morgan fingerprint density at radius 1 is 1.13 bits per heavy atom. The molecule has 3 heterocycles. The lowest BCUT2D eigenvalue weighted by Crippen LogP contribution is -2.09. The first-order chi connectivity index (χ1) is 14.4. The second-order valence-corrected chi connectivity index (χ2v) is 6.51. The minimum absolute atomic E-state index is 0. The fraction of sp³-hybridized carbons (Fsp3) is 0.143. The smallest absolute Gasteiger partial charge is 0.419 e. The van der Waals surface area contributed by atoms with Gasteiger partial charge in [0.2, 0.25) is 0 Å². The van der Waals surface area contributed by atoms with E-state index in [2.05, 4.69) is 15.0 Å². The molecule has 0 saturated heterocycles. The lowest BCUT2D eigenvalue weighted by Gasteiger charge is -2.15. The standard InChI is InChI=1S/C21H14F3N5O.ClH/c1-29-12-27-20-17(10-25)28-16(9-18(20)29)13-5-6-19(15(8-13)21(22,23)24)30-11-14-4-2-3-7-26-14;/h2-9,12H,11H2,1H3;1H. The molecule has 0 radical (unpaired) electrons. The normalized spacial score (nSPS) is 11.1. The Balaban J connectivity index is 0.00000272. The van der Waals surface area contributed by atoms with Gasteiger partial charge in [0.25, 0.3) is 0 Å². The van der Waals surface area contributed by atoms with E-state index in [1.54, 1.807) is 42.1 Å². The molecular formula is C21H15ClF3N5O. The molecule has 0 aliphatic rings. The molecule has 1 aromatic carbocycles. The Labute approximate surface area is 181 Å². The third-order valence-corrected chi connectivity index (χ3v) is 4.50. The number of aromatic nitrogens is 4. The first-order valence-electron chi connectivity index (χ1n) is 8.83. The topological polar surface area (TPSA) is 76.6 Å². The predicted octanol–water partition coefficient (Wildman–Crippen LogP) is 4.92. The number of hydrogen-bond acceptors (Lipinski definition) is 5. The maximum atomic E-state index is 13.7. The first kappa shape index (κ1) is 22.1. The van der Waals surface area contributed by atoms with Crippen LogP contribution in [-0.4, -0.2) is 19.5 Å². The van der Waals surface area contributed by atoms with Crippen LogP contribution in [0.2, 0.25) is 0 Å². The van der Waals surface area contributed by atoms with E-state index in [0.717, 1.165) is 6.07 Å². The summed E-state index contributed by atoms with van der Waals surface area (Å²) in [6.07, 6.45) is -1.57. The highest BCUT2D eigenvalue weighted by Gasteiger charge is 2.35. The number of halogens is 4. The molecule has 6 nitrogen and oxygen atoms in total. The highest BCUT2D eigenvalue weighted by atomic mass is 35.5. The number of pyridine rings is 2. The van der Waals surface area contributed by atoms with Crippen LogP contribution in [0.1, 0.15) is 17.0 Å². The van der Waals surface area contributed by atoms with Gasteiger partial charge in [-0.2, -0.15) is 18.4 Å². The molecule has 0 N–H and O–H groups in total. The summed E-state index contributed by atoms with van der Waals surface area (Å²) in [6.45, 7) is -0.0962. The molecule has 158 valence electrons. The number of fused-ring (bicyclic) bond motifs is 1.